The van der Waals surface area contributed by atoms with Crippen LogP contribution in [0.5, 0.6) is 0 Å². The van der Waals surface area contributed by atoms with E-state index in [0.717, 1.165) is 29.1 Å². The lowest BCUT2D eigenvalue weighted by molar-refractivity contribution is 0.488. The van der Waals surface area contributed by atoms with Crippen molar-refractivity contribution in [2.75, 3.05) is 0 Å². The monoisotopic (exact) mass is 407 g/mol. The molecule has 0 aliphatic carbocycles. The van der Waals surface area contributed by atoms with E-state index in [2.05, 4.69) is 50.5 Å². The standard InChI is InChI=1S/C23H29N5O2/c1-13(2)10-11-26-21(29)19-20(25(7)23(26)30)24-22-27(16(5)17(6)28(19)22)18-9-8-14(3)12-15(18)4/h8-9,12-13H,10-11H2,1-7H3. The highest BCUT2D eigenvalue weighted by atomic mass is 16.2. The van der Waals surface area contributed by atoms with Crippen LogP contribution in [0.4, 0.5) is 0 Å². The van der Waals surface area contributed by atoms with Crippen LogP contribution in [0.3, 0.4) is 0 Å². The van der Waals surface area contributed by atoms with Gasteiger partial charge in [-0.15, -0.1) is 0 Å². The second-order valence-corrected chi connectivity index (χ2v) is 8.70. The zero-order chi connectivity index (χ0) is 21.9. The Kier molecular flexibility index (Phi) is 4.71. The molecular weight excluding hydrogens is 378 g/mol. The van der Waals surface area contributed by atoms with Crippen molar-refractivity contribution in [1.29, 1.82) is 0 Å². The molecule has 0 atom stereocenters. The van der Waals surface area contributed by atoms with E-state index in [1.54, 1.807) is 7.05 Å². The Morgan fingerprint density at radius 1 is 1.03 bits per heavy atom. The van der Waals surface area contributed by atoms with Crippen LogP contribution >= 0.6 is 0 Å². The summed E-state index contributed by atoms with van der Waals surface area (Å²) in [4.78, 5) is 31.0. The van der Waals surface area contributed by atoms with Gasteiger partial charge >= 0.3 is 5.69 Å². The predicted octanol–water partition coefficient (Wildman–Crippen LogP) is 3.42. The maximum atomic E-state index is 13.4. The highest BCUT2D eigenvalue weighted by Crippen LogP contribution is 2.26. The maximum Gasteiger partial charge on any atom is 0.332 e. The Morgan fingerprint density at radius 2 is 1.73 bits per heavy atom. The van der Waals surface area contributed by atoms with Crippen molar-refractivity contribution < 1.29 is 0 Å². The zero-order valence-corrected chi connectivity index (χ0v) is 18.8. The van der Waals surface area contributed by atoms with Crippen LogP contribution in [0, 0.1) is 33.6 Å². The lowest BCUT2D eigenvalue weighted by atomic mass is 10.1. The van der Waals surface area contributed by atoms with E-state index in [1.165, 1.54) is 14.7 Å². The fourth-order valence-corrected chi connectivity index (χ4v) is 4.18. The first-order chi connectivity index (χ1) is 14.1. The smallest absolute Gasteiger partial charge is 0.282 e. The van der Waals surface area contributed by atoms with E-state index >= 15 is 0 Å². The normalized spacial score (nSPS) is 12.0. The number of fused-ring (bicyclic) bond motifs is 3. The number of aromatic nitrogens is 5. The molecule has 0 fully saturated rings. The van der Waals surface area contributed by atoms with Gasteiger partial charge < -0.3 is 0 Å². The van der Waals surface area contributed by atoms with Gasteiger partial charge in [-0.25, -0.2) is 4.79 Å². The van der Waals surface area contributed by atoms with Crippen molar-refractivity contribution >= 4 is 16.9 Å². The van der Waals surface area contributed by atoms with Gasteiger partial charge in [0.2, 0.25) is 5.78 Å². The molecule has 3 aromatic heterocycles. The quantitative estimate of drug-likeness (QED) is 0.521. The number of rotatable bonds is 4. The molecule has 30 heavy (non-hydrogen) atoms. The minimum absolute atomic E-state index is 0.276. The van der Waals surface area contributed by atoms with E-state index in [-0.39, 0.29) is 11.2 Å². The van der Waals surface area contributed by atoms with Crippen LogP contribution < -0.4 is 11.2 Å². The molecule has 0 aliphatic rings. The molecule has 0 N–H and O–H groups in total. The minimum Gasteiger partial charge on any atom is -0.282 e. The number of aryl methyl sites for hydroxylation is 4. The fraction of sp³-hybridized carbons (Fsp3) is 0.435. The van der Waals surface area contributed by atoms with Crippen LogP contribution in [-0.2, 0) is 13.6 Å². The predicted molar refractivity (Wildman–Crippen MR) is 120 cm³/mol. The molecule has 0 unspecified atom stereocenters. The minimum atomic E-state index is -0.318. The summed E-state index contributed by atoms with van der Waals surface area (Å²) in [6, 6.07) is 6.29. The second-order valence-electron chi connectivity index (χ2n) is 8.70. The van der Waals surface area contributed by atoms with Crippen LogP contribution in [-0.4, -0.2) is 23.1 Å². The molecule has 4 aromatic rings. The van der Waals surface area contributed by atoms with E-state index in [4.69, 9.17) is 4.98 Å². The van der Waals surface area contributed by atoms with Gasteiger partial charge in [-0.1, -0.05) is 31.5 Å². The van der Waals surface area contributed by atoms with Crippen LogP contribution in [0.2, 0.25) is 0 Å². The third-order valence-electron chi connectivity index (χ3n) is 6.04. The number of hydrogen-bond acceptors (Lipinski definition) is 3. The van der Waals surface area contributed by atoms with Crippen molar-refractivity contribution in [3.05, 3.63) is 61.6 Å². The number of nitrogens with zero attached hydrogens (tertiary/aromatic N) is 5. The SMILES string of the molecule is Cc1ccc(-n2c(C)c(C)n3c4c(=O)n(CCC(C)C)c(=O)n(C)c4nc23)c(C)c1. The first-order valence-electron chi connectivity index (χ1n) is 10.4. The van der Waals surface area contributed by atoms with Gasteiger partial charge in [0, 0.05) is 25.0 Å². The lowest BCUT2D eigenvalue weighted by Gasteiger charge is -2.11. The average Bonchev–Trinajstić information content (AvgIpc) is 3.17. The summed E-state index contributed by atoms with van der Waals surface area (Å²) in [7, 11) is 1.69. The van der Waals surface area contributed by atoms with E-state index in [9.17, 15) is 9.59 Å². The largest absolute Gasteiger partial charge is 0.332 e. The van der Waals surface area contributed by atoms with Gasteiger partial charge in [0.25, 0.3) is 5.56 Å². The maximum absolute atomic E-state index is 13.4. The summed E-state index contributed by atoms with van der Waals surface area (Å²) in [6.07, 6.45) is 0.768. The molecule has 0 bridgehead atoms. The van der Waals surface area contributed by atoms with E-state index in [1.807, 2.05) is 18.2 Å². The number of hydrogen-bond donors (Lipinski definition) is 0. The van der Waals surface area contributed by atoms with Gasteiger partial charge in [0.15, 0.2) is 11.2 Å². The Balaban J connectivity index is 2.11. The van der Waals surface area contributed by atoms with Crippen LogP contribution in [0.15, 0.2) is 27.8 Å². The van der Waals surface area contributed by atoms with Gasteiger partial charge in [-0.3, -0.25) is 22.9 Å². The summed E-state index contributed by atoms with van der Waals surface area (Å²) >= 11 is 0. The van der Waals surface area contributed by atoms with Gasteiger partial charge in [0.05, 0.1) is 5.69 Å². The zero-order valence-electron chi connectivity index (χ0n) is 18.8. The Hall–Kier alpha value is -3.09. The topological polar surface area (TPSA) is 66.2 Å². The molecule has 0 spiro atoms. The van der Waals surface area contributed by atoms with Gasteiger partial charge in [-0.2, -0.15) is 4.98 Å². The fourth-order valence-electron chi connectivity index (χ4n) is 4.18. The molecule has 3 heterocycles. The Labute approximate surface area is 175 Å². The summed E-state index contributed by atoms with van der Waals surface area (Å²) in [5.41, 5.74) is 5.60. The van der Waals surface area contributed by atoms with Crippen molar-refractivity contribution in [2.24, 2.45) is 13.0 Å². The second kappa shape index (κ2) is 7.00. The summed E-state index contributed by atoms with van der Waals surface area (Å²) in [6.45, 7) is 12.7. The third-order valence-corrected chi connectivity index (χ3v) is 6.04. The van der Waals surface area contributed by atoms with Crippen molar-refractivity contribution in [3.8, 4) is 5.69 Å². The number of benzene rings is 1. The first kappa shape index (κ1) is 20.2. The summed E-state index contributed by atoms with van der Waals surface area (Å²) in [5.74, 6) is 1.05. The van der Waals surface area contributed by atoms with Gasteiger partial charge in [0.1, 0.15) is 0 Å². The Morgan fingerprint density at radius 3 is 2.37 bits per heavy atom. The lowest BCUT2D eigenvalue weighted by Crippen LogP contribution is -2.39. The molecule has 0 radical (unpaired) electrons. The highest BCUT2D eigenvalue weighted by molar-refractivity contribution is 5.77. The van der Waals surface area contributed by atoms with E-state index < -0.39 is 0 Å². The molecule has 7 heteroatoms. The molecular formula is C23H29N5O2. The molecule has 0 amide bonds. The molecule has 0 saturated carbocycles. The molecule has 4 rings (SSSR count). The third kappa shape index (κ3) is 2.83. The molecule has 158 valence electrons. The molecule has 0 aliphatic heterocycles. The van der Waals surface area contributed by atoms with Crippen LogP contribution in [0.25, 0.3) is 22.6 Å². The summed E-state index contributed by atoms with van der Waals surface area (Å²) in [5, 5.41) is 0. The van der Waals surface area contributed by atoms with Crippen LogP contribution in [0.1, 0.15) is 42.8 Å². The first-order valence-corrected chi connectivity index (χ1v) is 10.4. The van der Waals surface area contributed by atoms with Crippen molar-refractivity contribution in [1.82, 2.24) is 23.1 Å². The van der Waals surface area contributed by atoms with Crippen molar-refractivity contribution in [2.45, 2.75) is 54.5 Å². The summed E-state index contributed by atoms with van der Waals surface area (Å²) < 4.78 is 6.81. The molecule has 1 aromatic carbocycles. The van der Waals surface area contributed by atoms with Crippen molar-refractivity contribution in [3.63, 3.8) is 0 Å². The number of imidazole rings is 2. The molecule has 0 saturated heterocycles. The van der Waals surface area contributed by atoms with Gasteiger partial charge in [-0.05, 0) is 51.7 Å². The average molecular weight is 408 g/mol. The van der Waals surface area contributed by atoms with E-state index in [0.29, 0.717) is 29.4 Å². The molecule has 7 nitrogen and oxygen atoms in total. The Bertz CT molecular complexity index is 1410. The highest BCUT2D eigenvalue weighted by Gasteiger charge is 2.23.